The second-order valence-electron chi connectivity index (χ2n) is 4.61. The van der Waals surface area contributed by atoms with Crippen molar-refractivity contribution in [2.24, 2.45) is 0 Å². The van der Waals surface area contributed by atoms with Gasteiger partial charge in [-0.15, -0.1) is 6.58 Å². The second-order valence-corrected chi connectivity index (χ2v) is 4.61. The van der Waals surface area contributed by atoms with Crippen LogP contribution in [0.15, 0.2) is 12.7 Å². The first-order chi connectivity index (χ1) is 7.74. The molecule has 0 aromatic rings. The normalized spacial score (nSPS) is 16.3. The van der Waals surface area contributed by atoms with Gasteiger partial charge in [-0.3, -0.25) is 4.79 Å². The maximum Gasteiger partial charge on any atom is 0.236 e. The molecule has 3 nitrogen and oxygen atoms in total. The summed E-state index contributed by atoms with van der Waals surface area (Å²) in [4.78, 5) is 13.5. The van der Waals surface area contributed by atoms with Crippen molar-refractivity contribution in [3.8, 4) is 0 Å². The third kappa shape index (κ3) is 4.79. The number of carbonyl (C=O) groups is 1. The first-order valence-corrected chi connectivity index (χ1v) is 6.32. The number of hydrogen-bond acceptors (Lipinski definition) is 2. The van der Waals surface area contributed by atoms with Gasteiger partial charge < -0.3 is 10.2 Å². The van der Waals surface area contributed by atoms with Crippen LogP contribution in [0.5, 0.6) is 0 Å². The van der Waals surface area contributed by atoms with E-state index in [-0.39, 0.29) is 5.91 Å². The molecule has 1 aliphatic rings. The van der Waals surface area contributed by atoms with E-state index in [1.807, 2.05) is 18.0 Å². The molecule has 0 aliphatic heterocycles. The van der Waals surface area contributed by atoms with Crippen molar-refractivity contribution in [3.05, 3.63) is 12.7 Å². The van der Waals surface area contributed by atoms with Gasteiger partial charge in [-0.25, -0.2) is 0 Å². The number of nitrogens with zero attached hydrogens (tertiary/aromatic N) is 1. The lowest BCUT2D eigenvalue weighted by atomic mass is 10.2. The van der Waals surface area contributed by atoms with Crippen LogP contribution in [0.4, 0.5) is 0 Å². The summed E-state index contributed by atoms with van der Waals surface area (Å²) >= 11 is 0. The zero-order valence-electron chi connectivity index (χ0n) is 10.4. The molecular formula is C13H24N2O. The average Bonchev–Trinajstić information content (AvgIpc) is 2.79. The minimum Gasteiger partial charge on any atom is -0.345 e. The molecular weight excluding hydrogens is 200 g/mol. The van der Waals surface area contributed by atoms with Crippen molar-refractivity contribution in [2.45, 2.75) is 44.6 Å². The Balaban J connectivity index is 2.10. The first kappa shape index (κ1) is 13.2. The third-order valence-electron chi connectivity index (χ3n) is 3.22. The van der Waals surface area contributed by atoms with Gasteiger partial charge in [0.1, 0.15) is 0 Å². The summed E-state index contributed by atoms with van der Waals surface area (Å²) in [6, 6.07) is 0.575. The zero-order chi connectivity index (χ0) is 11.8. The smallest absolute Gasteiger partial charge is 0.236 e. The molecule has 1 rings (SSSR count). The van der Waals surface area contributed by atoms with Gasteiger partial charge in [0.2, 0.25) is 5.91 Å². The Morgan fingerprint density at radius 3 is 2.81 bits per heavy atom. The topological polar surface area (TPSA) is 32.3 Å². The summed E-state index contributed by atoms with van der Waals surface area (Å²) in [5.41, 5.74) is 0. The third-order valence-corrected chi connectivity index (χ3v) is 3.22. The Hall–Kier alpha value is -0.830. The van der Waals surface area contributed by atoms with Crippen molar-refractivity contribution in [3.63, 3.8) is 0 Å². The molecule has 0 aromatic carbocycles. The van der Waals surface area contributed by atoms with Crippen molar-refractivity contribution in [1.29, 1.82) is 0 Å². The van der Waals surface area contributed by atoms with Crippen LogP contribution in [0.2, 0.25) is 0 Å². The van der Waals surface area contributed by atoms with Gasteiger partial charge in [-0.2, -0.15) is 0 Å². The summed E-state index contributed by atoms with van der Waals surface area (Å²) in [6.07, 6.45) is 8.96. The largest absolute Gasteiger partial charge is 0.345 e. The average molecular weight is 224 g/mol. The number of nitrogens with one attached hydrogen (secondary N) is 1. The molecule has 1 N–H and O–H groups in total. The van der Waals surface area contributed by atoms with Crippen LogP contribution in [0, 0.1) is 0 Å². The van der Waals surface area contributed by atoms with Crippen LogP contribution in [-0.4, -0.2) is 37.0 Å². The molecule has 0 radical (unpaired) electrons. The number of allylic oxidation sites excluding steroid dienone is 1. The Morgan fingerprint density at radius 2 is 2.19 bits per heavy atom. The quantitative estimate of drug-likeness (QED) is 0.529. The molecule has 3 heteroatoms. The molecule has 0 saturated heterocycles. The van der Waals surface area contributed by atoms with E-state index in [0.717, 1.165) is 19.4 Å². The molecule has 16 heavy (non-hydrogen) atoms. The molecule has 0 atom stereocenters. The van der Waals surface area contributed by atoms with Crippen molar-refractivity contribution >= 4 is 5.91 Å². The van der Waals surface area contributed by atoms with Crippen molar-refractivity contribution in [2.75, 3.05) is 20.1 Å². The Labute approximate surface area is 98.9 Å². The van der Waals surface area contributed by atoms with Crippen LogP contribution in [0.3, 0.4) is 0 Å². The highest BCUT2D eigenvalue weighted by atomic mass is 16.2. The molecule has 1 amide bonds. The summed E-state index contributed by atoms with van der Waals surface area (Å²) < 4.78 is 0. The van der Waals surface area contributed by atoms with Crippen molar-refractivity contribution < 1.29 is 4.79 Å². The van der Waals surface area contributed by atoms with Gasteiger partial charge in [0.15, 0.2) is 0 Å². The Bertz CT molecular complexity index is 222. The monoisotopic (exact) mass is 224 g/mol. The van der Waals surface area contributed by atoms with E-state index in [9.17, 15) is 4.79 Å². The maximum absolute atomic E-state index is 11.7. The standard InChI is InChI=1S/C13H24N2O/c1-3-4-7-10-15(2)13(16)11-14-12-8-5-6-9-12/h3,12,14H,1,4-11H2,2H3. The number of carbonyl (C=O) groups excluding carboxylic acids is 1. The van der Waals surface area contributed by atoms with Crippen LogP contribution < -0.4 is 5.32 Å². The fourth-order valence-corrected chi connectivity index (χ4v) is 2.09. The highest BCUT2D eigenvalue weighted by molar-refractivity contribution is 5.77. The van der Waals surface area contributed by atoms with Crippen LogP contribution in [-0.2, 0) is 4.79 Å². The molecule has 92 valence electrons. The van der Waals surface area contributed by atoms with Crippen LogP contribution >= 0.6 is 0 Å². The molecule has 0 bridgehead atoms. The predicted molar refractivity (Wildman–Crippen MR) is 67.3 cm³/mol. The van der Waals surface area contributed by atoms with E-state index >= 15 is 0 Å². The molecule has 0 unspecified atom stereocenters. The van der Waals surface area contributed by atoms with E-state index in [2.05, 4.69) is 11.9 Å². The summed E-state index contributed by atoms with van der Waals surface area (Å²) in [6.45, 7) is 5.00. The Kier molecular flexibility index (Phi) is 6.16. The van der Waals surface area contributed by atoms with Crippen LogP contribution in [0.1, 0.15) is 38.5 Å². The van der Waals surface area contributed by atoms with Crippen molar-refractivity contribution in [1.82, 2.24) is 10.2 Å². The van der Waals surface area contributed by atoms with Gasteiger partial charge in [0, 0.05) is 19.6 Å². The SMILES string of the molecule is C=CCCCN(C)C(=O)CNC1CCCC1. The van der Waals surface area contributed by atoms with Gasteiger partial charge in [-0.05, 0) is 25.7 Å². The highest BCUT2D eigenvalue weighted by Gasteiger charge is 2.16. The molecule has 0 spiro atoms. The summed E-state index contributed by atoms with van der Waals surface area (Å²) in [5.74, 6) is 0.205. The summed E-state index contributed by atoms with van der Waals surface area (Å²) in [7, 11) is 1.88. The number of unbranched alkanes of at least 4 members (excludes halogenated alkanes) is 1. The number of rotatable bonds is 7. The van der Waals surface area contributed by atoms with E-state index in [4.69, 9.17) is 0 Å². The number of hydrogen-bond donors (Lipinski definition) is 1. The molecule has 1 saturated carbocycles. The summed E-state index contributed by atoms with van der Waals surface area (Å²) in [5, 5.41) is 3.34. The molecule has 0 heterocycles. The van der Waals surface area contributed by atoms with Gasteiger partial charge in [0.05, 0.1) is 6.54 Å². The lowest BCUT2D eigenvalue weighted by Crippen LogP contribution is -2.39. The Morgan fingerprint density at radius 1 is 1.50 bits per heavy atom. The van der Waals surface area contributed by atoms with E-state index in [1.54, 1.807) is 0 Å². The van der Waals surface area contributed by atoms with Gasteiger partial charge >= 0.3 is 0 Å². The lowest BCUT2D eigenvalue weighted by Gasteiger charge is -2.18. The molecule has 1 aliphatic carbocycles. The first-order valence-electron chi connectivity index (χ1n) is 6.32. The van der Waals surface area contributed by atoms with E-state index in [0.29, 0.717) is 12.6 Å². The fraction of sp³-hybridized carbons (Fsp3) is 0.769. The van der Waals surface area contributed by atoms with E-state index < -0.39 is 0 Å². The number of amides is 1. The van der Waals surface area contributed by atoms with E-state index in [1.165, 1.54) is 25.7 Å². The lowest BCUT2D eigenvalue weighted by molar-refractivity contribution is -0.129. The fourth-order valence-electron chi connectivity index (χ4n) is 2.09. The highest BCUT2D eigenvalue weighted by Crippen LogP contribution is 2.17. The zero-order valence-corrected chi connectivity index (χ0v) is 10.4. The second kappa shape index (κ2) is 7.44. The van der Waals surface area contributed by atoms with Crippen LogP contribution in [0.25, 0.3) is 0 Å². The maximum atomic E-state index is 11.7. The minimum absolute atomic E-state index is 0.205. The molecule has 1 fully saturated rings. The number of likely N-dealkylation sites (N-methyl/N-ethyl adjacent to an activating group) is 1. The van der Waals surface area contributed by atoms with Gasteiger partial charge in [-0.1, -0.05) is 18.9 Å². The molecule has 0 aromatic heterocycles. The predicted octanol–water partition coefficient (Wildman–Crippen LogP) is 1.94. The van der Waals surface area contributed by atoms with Gasteiger partial charge in [0.25, 0.3) is 0 Å². The minimum atomic E-state index is 0.205.